The van der Waals surface area contributed by atoms with Gasteiger partial charge < -0.3 is 52.7 Å². The van der Waals surface area contributed by atoms with E-state index in [-0.39, 0.29) is 24.5 Å². The number of rotatable bonds is 45. The molecule has 0 unspecified atom stereocenters. The molecule has 0 aliphatic rings. The Kier molecular flexibility index (Phi) is 36.3. The van der Waals surface area contributed by atoms with Gasteiger partial charge in [0.05, 0.1) is 129 Å². The first-order chi connectivity index (χ1) is 30.9. The molecule has 2 aromatic rings. The van der Waals surface area contributed by atoms with Gasteiger partial charge in [-0.1, -0.05) is 109 Å². The summed E-state index contributed by atoms with van der Waals surface area (Å²) in [6.07, 6.45) is 14.6. The molecule has 63 heavy (non-hydrogen) atoms. The fourth-order valence-electron chi connectivity index (χ4n) is 6.23. The summed E-state index contributed by atoms with van der Waals surface area (Å²) in [5.41, 5.74) is -0.0779. The van der Waals surface area contributed by atoms with E-state index in [1.165, 1.54) is 102 Å². The molecule has 0 spiro atoms. The van der Waals surface area contributed by atoms with E-state index in [0.29, 0.717) is 111 Å². The number of nitrogens with one attached hydrogen (secondary N) is 1. The predicted molar refractivity (Wildman–Crippen MR) is 239 cm³/mol. The van der Waals surface area contributed by atoms with Crippen molar-refractivity contribution in [1.29, 1.82) is 0 Å². The summed E-state index contributed by atoms with van der Waals surface area (Å²) < 4.78 is 94.2. The first-order valence-corrected chi connectivity index (χ1v) is 23.3. The summed E-state index contributed by atoms with van der Waals surface area (Å²) in [5.74, 6) is -0.625. The second kappa shape index (κ2) is 40.6. The molecule has 0 atom stereocenters. The minimum Gasteiger partial charge on any atom is -0.460 e. The average molecular weight is 902 g/mol. The van der Waals surface area contributed by atoms with Crippen molar-refractivity contribution in [2.45, 2.75) is 103 Å². The molecule has 0 fully saturated rings. The quantitative estimate of drug-likeness (QED) is 0.0503. The maximum atomic E-state index is 13.1. The van der Waals surface area contributed by atoms with Gasteiger partial charge in [-0.15, -0.1) is 0 Å². The van der Waals surface area contributed by atoms with Crippen LogP contribution in [0, 0.1) is 0 Å². The molecule has 0 saturated heterocycles. The zero-order valence-corrected chi connectivity index (χ0v) is 38.1. The minimum atomic E-state index is -4.48. The van der Waals surface area contributed by atoms with Crippen molar-refractivity contribution in [3.63, 3.8) is 0 Å². The normalized spacial score (nSPS) is 11.7. The summed E-state index contributed by atoms with van der Waals surface area (Å²) in [6.45, 7) is 10.8. The molecule has 2 aromatic carbocycles. The molecule has 0 aromatic heterocycles. The van der Waals surface area contributed by atoms with Crippen LogP contribution < -0.4 is 5.32 Å². The van der Waals surface area contributed by atoms with Crippen molar-refractivity contribution in [2.24, 2.45) is 0 Å². The predicted octanol–water partition coefficient (Wildman–Crippen LogP) is 10.2. The maximum absolute atomic E-state index is 13.1. The number of anilines is 2. The highest BCUT2D eigenvalue weighted by Crippen LogP contribution is 2.32. The summed E-state index contributed by atoms with van der Waals surface area (Å²) in [7, 11) is 0. The minimum absolute atomic E-state index is 0.00153. The van der Waals surface area contributed by atoms with Crippen molar-refractivity contribution in [2.75, 3.05) is 131 Å². The van der Waals surface area contributed by atoms with Crippen molar-refractivity contribution in [1.82, 2.24) is 0 Å². The molecule has 0 aliphatic heterocycles. The summed E-state index contributed by atoms with van der Waals surface area (Å²) >= 11 is 0. The summed E-state index contributed by atoms with van der Waals surface area (Å²) in [5, 5.41) is 2.87. The Morgan fingerprint density at radius 2 is 0.810 bits per heavy atom. The topological polar surface area (TPSA) is 121 Å². The molecular formula is C48H78F3NO11. The number of hydrogen-bond donors (Lipinski definition) is 1. The fourth-order valence-corrected chi connectivity index (χ4v) is 6.23. The monoisotopic (exact) mass is 902 g/mol. The van der Waals surface area contributed by atoms with E-state index in [4.69, 9.17) is 47.4 Å². The Morgan fingerprint density at radius 3 is 1.22 bits per heavy atom. The molecule has 0 radical (unpaired) electrons. The molecule has 0 amide bonds. The molecule has 0 heterocycles. The van der Waals surface area contributed by atoms with Gasteiger partial charge in [0, 0.05) is 12.3 Å². The van der Waals surface area contributed by atoms with E-state index in [1.54, 1.807) is 18.2 Å². The number of halogens is 3. The largest absolute Gasteiger partial charge is 0.460 e. The summed E-state index contributed by atoms with van der Waals surface area (Å²) in [4.78, 5) is 12.6. The highest BCUT2D eigenvalue weighted by atomic mass is 19.4. The molecule has 1 N–H and O–H groups in total. The van der Waals surface area contributed by atoms with Crippen LogP contribution in [0.25, 0.3) is 0 Å². The van der Waals surface area contributed by atoms with Crippen molar-refractivity contribution < 1.29 is 65.3 Å². The van der Waals surface area contributed by atoms with Crippen LogP contribution in [-0.2, 0) is 53.5 Å². The zero-order chi connectivity index (χ0) is 45.2. The van der Waals surface area contributed by atoms with Crippen LogP contribution in [0.1, 0.15) is 113 Å². The number of benzene rings is 2. The number of carbonyl (C=O) groups excluding carboxylic acids is 1. The van der Waals surface area contributed by atoms with Crippen LogP contribution in [0.2, 0.25) is 0 Å². The first kappa shape index (κ1) is 56.3. The van der Waals surface area contributed by atoms with Crippen molar-refractivity contribution >= 4 is 17.3 Å². The third-order valence-corrected chi connectivity index (χ3v) is 9.70. The van der Waals surface area contributed by atoms with Crippen LogP contribution in [0.15, 0.2) is 48.5 Å². The Hall–Kier alpha value is -2.86. The number of unbranched alkanes of at least 4 members (excludes halogenated alkanes) is 13. The van der Waals surface area contributed by atoms with E-state index in [2.05, 4.69) is 12.2 Å². The second-order valence-electron chi connectivity index (χ2n) is 15.0. The number of para-hydroxylation sites is 1. The van der Waals surface area contributed by atoms with Gasteiger partial charge in [-0.2, -0.15) is 13.2 Å². The van der Waals surface area contributed by atoms with E-state index in [0.717, 1.165) is 25.2 Å². The average Bonchev–Trinajstić information content (AvgIpc) is 3.28. The van der Waals surface area contributed by atoms with Gasteiger partial charge in [-0.3, -0.25) is 0 Å². The van der Waals surface area contributed by atoms with Crippen LogP contribution >= 0.6 is 0 Å². The number of alkyl halides is 3. The van der Waals surface area contributed by atoms with Crippen LogP contribution in [-0.4, -0.2) is 132 Å². The Bertz CT molecular complexity index is 1340. The molecule has 0 bridgehead atoms. The van der Waals surface area contributed by atoms with E-state index in [9.17, 15) is 18.0 Å². The van der Waals surface area contributed by atoms with Gasteiger partial charge >= 0.3 is 12.1 Å². The lowest BCUT2D eigenvalue weighted by Gasteiger charge is -2.13. The molecule has 0 saturated carbocycles. The Balaban J connectivity index is 1.22. The van der Waals surface area contributed by atoms with Gasteiger partial charge in [-0.25, -0.2) is 4.79 Å². The number of hydrogen-bond acceptors (Lipinski definition) is 12. The van der Waals surface area contributed by atoms with Gasteiger partial charge in [0.25, 0.3) is 0 Å². The van der Waals surface area contributed by atoms with E-state index in [1.807, 2.05) is 0 Å². The maximum Gasteiger partial charge on any atom is 0.416 e. The second-order valence-corrected chi connectivity index (χ2v) is 15.0. The van der Waals surface area contributed by atoms with Crippen LogP contribution in [0.5, 0.6) is 0 Å². The molecule has 12 nitrogen and oxygen atoms in total. The lowest BCUT2D eigenvalue weighted by Crippen LogP contribution is -2.16. The first-order valence-electron chi connectivity index (χ1n) is 23.3. The number of esters is 1. The SMILES string of the molecule is CCCCCCCCCCCCCCCCOCCOCCOCCOCCOCCOCCOCCOCCOCCOC(=O)c1ccccc1Nc1cccc(C(F)(F)F)c1. The third kappa shape index (κ3) is 33.3. The summed E-state index contributed by atoms with van der Waals surface area (Å²) in [6, 6.07) is 11.2. The lowest BCUT2D eigenvalue weighted by molar-refractivity contribution is -0.137. The standard InChI is InChI=1S/C48H78F3NO11/c1-2-3-4-5-6-7-8-9-10-11-12-13-14-17-23-54-24-25-55-26-27-56-28-29-57-30-31-58-32-33-59-34-35-60-36-37-61-38-39-62-40-41-63-47(53)45-21-15-16-22-46(45)52-44-20-18-19-43(42-44)48(49,50)51/h15-16,18-22,42,52H,2-14,17,23-41H2,1H3. The molecule has 15 heteroatoms. The van der Waals surface area contributed by atoms with Gasteiger partial charge in [0.2, 0.25) is 0 Å². The van der Waals surface area contributed by atoms with Gasteiger partial charge in [-0.05, 0) is 36.8 Å². The smallest absolute Gasteiger partial charge is 0.416 e. The molecule has 362 valence electrons. The van der Waals surface area contributed by atoms with Crippen molar-refractivity contribution in [3.8, 4) is 0 Å². The molecular weight excluding hydrogens is 824 g/mol. The highest BCUT2D eigenvalue weighted by molar-refractivity contribution is 5.96. The Morgan fingerprint density at radius 1 is 0.444 bits per heavy atom. The number of carbonyl (C=O) groups is 1. The lowest BCUT2D eigenvalue weighted by atomic mass is 10.0. The molecule has 2 rings (SSSR count). The number of ether oxygens (including phenoxy) is 10. The Labute approximate surface area is 375 Å². The van der Waals surface area contributed by atoms with Crippen LogP contribution in [0.3, 0.4) is 0 Å². The third-order valence-electron chi connectivity index (χ3n) is 9.70. The van der Waals surface area contributed by atoms with Gasteiger partial charge in [0.1, 0.15) is 6.61 Å². The van der Waals surface area contributed by atoms with Crippen molar-refractivity contribution in [3.05, 3.63) is 59.7 Å². The van der Waals surface area contributed by atoms with Gasteiger partial charge in [0.15, 0.2) is 0 Å². The zero-order valence-electron chi connectivity index (χ0n) is 38.1. The molecule has 0 aliphatic carbocycles. The van der Waals surface area contributed by atoms with E-state index >= 15 is 0 Å². The highest BCUT2D eigenvalue weighted by Gasteiger charge is 2.30. The van der Waals surface area contributed by atoms with Crippen LogP contribution in [0.4, 0.5) is 24.5 Å². The van der Waals surface area contributed by atoms with E-state index < -0.39 is 17.7 Å². The fraction of sp³-hybridized carbons (Fsp3) is 0.729.